The minimum atomic E-state index is -0.441. The van der Waals surface area contributed by atoms with E-state index >= 15 is 0 Å². The predicted molar refractivity (Wildman–Crippen MR) is 85.2 cm³/mol. The number of likely N-dealkylation sites (tertiary alicyclic amines) is 1. The zero-order chi connectivity index (χ0) is 14.7. The van der Waals surface area contributed by atoms with Crippen molar-refractivity contribution in [1.82, 2.24) is 4.90 Å². The van der Waals surface area contributed by atoms with Crippen LogP contribution >= 0.6 is 11.3 Å². The number of allylic oxidation sites excluding steroid dienone is 1. The Kier molecular flexibility index (Phi) is 4.76. The number of rotatable bonds is 4. The number of aliphatic hydroxyl groups is 1. The van der Waals surface area contributed by atoms with Gasteiger partial charge in [0.25, 0.3) is 0 Å². The maximum Gasteiger partial charge on any atom is 0.249 e. The minimum absolute atomic E-state index is 0.192. The molecule has 4 heteroatoms. The second kappa shape index (κ2) is 6.75. The molecule has 1 aromatic heterocycles. The van der Waals surface area contributed by atoms with Crippen molar-refractivity contribution in [3.05, 3.63) is 34.0 Å². The maximum absolute atomic E-state index is 12.7. The molecule has 2 heterocycles. The molecule has 1 aliphatic carbocycles. The van der Waals surface area contributed by atoms with Crippen LogP contribution in [0.15, 0.2) is 29.2 Å². The van der Waals surface area contributed by atoms with Crippen LogP contribution in [0.5, 0.6) is 0 Å². The fraction of sp³-hybridized carbons (Fsp3) is 0.588. The molecule has 0 aromatic carbocycles. The van der Waals surface area contributed by atoms with Crippen molar-refractivity contribution in [2.24, 2.45) is 0 Å². The molecule has 1 saturated heterocycles. The molecular weight excluding hydrogens is 282 g/mol. The van der Waals surface area contributed by atoms with E-state index in [0.717, 1.165) is 49.1 Å². The molecule has 1 fully saturated rings. The van der Waals surface area contributed by atoms with Gasteiger partial charge >= 0.3 is 0 Å². The van der Waals surface area contributed by atoms with Crippen LogP contribution in [0.25, 0.3) is 0 Å². The highest BCUT2D eigenvalue weighted by atomic mass is 32.1. The standard InChI is InChI=1S/C17H23NO2S/c19-15(16-9-5-11-21-16)12-14-8-4-10-18(14)17(20)13-6-2-1-3-7-13/h5-6,9,11,14-15,19H,1-4,7-8,10,12H2/t14-,15+/m0/s1. The van der Waals surface area contributed by atoms with Crippen molar-refractivity contribution >= 4 is 17.2 Å². The van der Waals surface area contributed by atoms with Gasteiger partial charge in [-0.25, -0.2) is 0 Å². The number of hydrogen-bond acceptors (Lipinski definition) is 3. The molecule has 0 radical (unpaired) electrons. The molecule has 114 valence electrons. The third-order valence-corrected chi connectivity index (χ3v) is 5.54. The van der Waals surface area contributed by atoms with E-state index in [2.05, 4.69) is 6.08 Å². The molecule has 1 amide bonds. The van der Waals surface area contributed by atoms with Crippen molar-refractivity contribution in [2.45, 2.75) is 57.1 Å². The van der Waals surface area contributed by atoms with E-state index in [1.54, 1.807) is 11.3 Å². The normalized spacial score (nSPS) is 24.0. The zero-order valence-electron chi connectivity index (χ0n) is 12.3. The SMILES string of the molecule is O=C(C1=CCCCC1)N1CCC[C@H]1C[C@@H](O)c1cccs1. The summed E-state index contributed by atoms with van der Waals surface area (Å²) in [5, 5.41) is 12.3. The van der Waals surface area contributed by atoms with Crippen LogP contribution in [0.4, 0.5) is 0 Å². The molecule has 0 spiro atoms. The second-order valence-corrected chi connectivity index (χ2v) is 7.02. The van der Waals surface area contributed by atoms with E-state index in [-0.39, 0.29) is 11.9 Å². The van der Waals surface area contributed by atoms with Crippen LogP contribution in [0.1, 0.15) is 55.9 Å². The molecular formula is C17H23NO2S. The molecule has 21 heavy (non-hydrogen) atoms. The monoisotopic (exact) mass is 305 g/mol. The first-order chi connectivity index (χ1) is 10.3. The summed E-state index contributed by atoms with van der Waals surface area (Å²) in [4.78, 5) is 15.7. The largest absolute Gasteiger partial charge is 0.387 e. The zero-order valence-corrected chi connectivity index (χ0v) is 13.1. The molecule has 3 nitrogen and oxygen atoms in total. The smallest absolute Gasteiger partial charge is 0.249 e. The fourth-order valence-corrected chi connectivity index (χ4v) is 4.14. The molecule has 2 aliphatic rings. The van der Waals surface area contributed by atoms with Crippen LogP contribution < -0.4 is 0 Å². The van der Waals surface area contributed by atoms with E-state index in [1.807, 2.05) is 22.4 Å². The lowest BCUT2D eigenvalue weighted by Gasteiger charge is -2.28. The summed E-state index contributed by atoms with van der Waals surface area (Å²) >= 11 is 1.59. The summed E-state index contributed by atoms with van der Waals surface area (Å²) in [5.41, 5.74) is 0.999. The van der Waals surface area contributed by atoms with Crippen LogP contribution in [-0.4, -0.2) is 28.5 Å². The molecule has 1 N–H and O–H groups in total. The van der Waals surface area contributed by atoms with Gasteiger partial charge in [0.1, 0.15) is 0 Å². The van der Waals surface area contributed by atoms with E-state index in [1.165, 1.54) is 6.42 Å². The minimum Gasteiger partial charge on any atom is -0.387 e. The highest BCUT2D eigenvalue weighted by Crippen LogP contribution is 2.31. The summed E-state index contributed by atoms with van der Waals surface area (Å²) in [7, 11) is 0. The predicted octanol–water partition coefficient (Wildman–Crippen LogP) is 3.66. The number of amides is 1. The van der Waals surface area contributed by atoms with Crippen LogP contribution in [0.3, 0.4) is 0 Å². The van der Waals surface area contributed by atoms with Crippen molar-refractivity contribution in [2.75, 3.05) is 6.54 Å². The number of thiophene rings is 1. The molecule has 1 aromatic rings. The van der Waals surface area contributed by atoms with E-state index < -0.39 is 6.10 Å². The Morgan fingerprint density at radius 3 is 3.05 bits per heavy atom. The topological polar surface area (TPSA) is 40.5 Å². The third kappa shape index (κ3) is 3.38. The Morgan fingerprint density at radius 1 is 1.43 bits per heavy atom. The molecule has 1 aliphatic heterocycles. The highest BCUT2D eigenvalue weighted by molar-refractivity contribution is 7.10. The van der Waals surface area contributed by atoms with E-state index in [4.69, 9.17) is 0 Å². The Labute approximate surface area is 130 Å². The fourth-order valence-electron chi connectivity index (χ4n) is 3.42. The van der Waals surface area contributed by atoms with Gasteiger partial charge in [-0.15, -0.1) is 11.3 Å². The van der Waals surface area contributed by atoms with Gasteiger partial charge in [-0.05, 0) is 56.4 Å². The average Bonchev–Trinajstić information content (AvgIpc) is 3.19. The van der Waals surface area contributed by atoms with Crippen molar-refractivity contribution in [3.63, 3.8) is 0 Å². The Balaban J connectivity index is 1.65. The van der Waals surface area contributed by atoms with Gasteiger partial charge in [0.2, 0.25) is 5.91 Å². The van der Waals surface area contributed by atoms with E-state index in [0.29, 0.717) is 6.42 Å². The summed E-state index contributed by atoms with van der Waals surface area (Å²) in [6.45, 7) is 0.845. The van der Waals surface area contributed by atoms with Crippen LogP contribution in [-0.2, 0) is 4.79 Å². The van der Waals surface area contributed by atoms with Crippen molar-refractivity contribution in [3.8, 4) is 0 Å². The summed E-state index contributed by atoms with van der Waals surface area (Å²) in [5.74, 6) is 0.218. The lowest BCUT2D eigenvalue weighted by atomic mass is 9.98. The molecule has 0 saturated carbocycles. The van der Waals surface area contributed by atoms with Gasteiger partial charge in [-0.2, -0.15) is 0 Å². The van der Waals surface area contributed by atoms with E-state index in [9.17, 15) is 9.90 Å². The van der Waals surface area contributed by atoms with Crippen molar-refractivity contribution < 1.29 is 9.90 Å². The lowest BCUT2D eigenvalue weighted by molar-refractivity contribution is -0.128. The van der Waals surface area contributed by atoms with Crippen LogP contribution in [0, 0.1) is 0 Å². The second-order valence-electron chi connectivity index (χ2n) is 6.04. The number of hydrogen-bond donors (Lipinski definition) is 1. The molecule has 0 bridgehead atoms. The highest BCUT2D eigenvalue weighted by Gasteiger charge is 2.32. The Bertz CT molecular complexity index is 509. The van der Waals surface area contributed by atoms with Gasteiger partial charge in [0.15, 0.2) is 0 Å². The molecule has 2 atom stereocenters. The number of aliphatic hydroxyl groups excluding tert-OH is 1. The van der Waals surface area contributed by atoms with Gasteiger partial charge in [0.05, 0.1) is 6.10 Å². The summed E-state index contributed by atoms with van der Waals surface area (Å²) in [6.07, 6.45) is 8.72. The van der Waals surface area contributed by atoms with Gasteiger partial charge < -0.3 is 10.0 Å². The van der Waals surface area contributed by atoms with Crippen LogP contribution in [0.2, 0.25) is 0 Å². The number of carbonyl (C=O) groups excluding carboxylic acids is 1. The number of nitrogens with zero attached hydrogens (tertiary/aromatic N) is 1. The maximum atomic E-state index is 12.7. The molecule has 0 unspecified atom stereocenters. The summed E-state index contributed by atoms with van der Waals surface area (Å²) < 4.78 is 0. The lowest BCUT2D eigenvalue weighted by Crippen LogP contribution is -2.37. The Hall–Kier alpha value is -1.13. The van der Waals surface area contributed by atoms with Gasteiger partial charge in [-0.1, -0.05) is 12.1 Å². The first-order valence-electron chi connectivity index (χ1n) is 7.97. The summed E-state index contributed by atoms with van der Waals surface area (Å²) in [6, 6.07) is 4.13. The first-order valence-corrected chi connectivity index (χ1v) is 8.85. The average molecular weight is 305 g/mol. The Morgan fingerprint density at radius 2 is 2.33 bits per heavy atom. The van der Waals surface area contributed by atoms with Crippen molar-refractivity contribution in [1.29, 1.82) is 0 Å². The number of carbonyl (C=O) groups is 1. The first kappa shape index (κ1) is 14.8. The molecule has 3 rings (SSSR count). The van der Waals surface area contributed by atoms with Gasteiger partial charge in [-0.3, -0.25) is 4.79 Å². The quantitative estimate of drug-likeness (QED) is 0.922. The van der Waals surface area contributed by atoms with Gasteiger partial charge in [0, 0.05) is 23.0 Å². The third-order valence-electron chi connectivity index (χ3n) is 4.57.